The molecule has 2 aromatic heterocycles. The molecule has 2 saturated heterocycles. The first-order chi connectivity index (χ1) is 20.1. The molecule has 3 aliphatic rings. The number of thioether (sulfide) groups is 1. The zero-order valence-electron chi connectivity index (χ0n) is 24.2. The van der Waals surface area contributed by atoms with E-state index in [4.69, 9.17) is 9.72 Å². The molecule has 11 heteroatoms. The number of amides is 1. The van der Waals surface area contributed by atoms with E-state index < -0.39 is 0 Å². The van der Waals surface area contributed by atoms with Gasteiger partial charge in [-0.1, -0.05) is 6.58 Å². The number of anilines is 1. The highest BCUT2D eigenvalue weighted by Gasteiger charge is 2.43. The summed E-state index contributed by atoms with van der Waals surface area (Å²) in [5.41, 5.74) is 3.99. The van der Waals surface area contributed by atoms with Crippen LogP contribution in [0.5, 0.6) is 0 Å². The Morgan fingerprint density at radius 1 is 1.19 bits per heavy atom. The van der Waals surface area contributed by atoms with Gasteiger partial charge in [-0.2, -0.15) is 10.1 Å². The molecule has 2 fully saturated rings. The lowest BCUT2D eigenvalue weighted by molar-refractivity contribution is -0.130. The molecule has 0 bridgehead atoms. The molecule has 0 aliphatic carbocycles. The normalized spacial score (nSPS) is 21.5. The van der Waals surface area contributed by atoms with Gasteiger partial charge < -0.3 is 14.5 Å². The van der Waals surface area contributed by atoms with Gasteiger partial charge in [0.15, 0.2) is 0 Å². The number of halogens is 1. The number of nitrogens with zero attached hydrogens (tertiary/aromatic N) is 6. The molecule has 3 aliphatic heterocycles. The largest absolute Gasteiger partial charge is 0.380 e. The molecule has 7 rings (SSSR count). The van der Waals surface area contributed by atoms with Crippen molar-refractivity contribution in [2.75, 3.05) is 37.0 Å². The number of aromatic nitrogens is 4. The van der Waals surface area contributed by atoms with Crippen LogP contribution in [0.25, 0.3) is 32.9 Å². The van der Waals surface area contributed by atoms with E-state index in [2.05, 4.69) is 29.6 Å². The summed E-state index contributed by atoms with van der Waals surface area (Å²) in [6, 6.07) is 5.26. The Kier molecular flexibility index (Phi) is 6.25. The van der Waals surface area contributed by atoms with E-state index in [0.29, 0.717) is 49.6 Å². The molecule has 2 atom stereocenters. The maximum Gasteiger partial charge on any atom is 0.350 e. The third-order valence-corrected chi connectivity index (χ3v) is 10.4. The van der Waals surface area contributed by atoms with Gasteiger partial charge in [-0.25, -0.2) is 9.18 Å². The predicted molar refractivity (Wildman–Crippen MR) is 163 cm³/mol. The first-order valence-corrected chi connectivity index (χ1v) is 15.2. The van der Waals surface area contributed by atoms with Crippen LogP contribution in [0.3, 0.4) is 0 Å². The Morgan fingerprint density at radius 3 is 2.60 bits per heavy atom. The maximum atomic E-state index is 14.8. The monoisotopic (exact) mass is 588 g/mol. The van der Waals surface area contributed by atoms with Crippen LogP contribution in [0, 0.1) is 18.2 Å². The average molecular weight is 589 g/mol. The van der Waals surface area contributed by atoms with Crippen molar-refractivity contribution in [1.82, 2.24) is 24.2 Å². The average Bonchev–Trinajstić information content (AvgIpc) is 3.22. The summed E-state index contributed by atoms with van der Waals surface area (Å²) in [7, 11) is 1.82. The lowest BCUT2D eigenvalue weighted by Gasteiger charge is -2.44. The molecule has 0 N–H and O–H groups in total. The van der Waals surface area contributed by atoms with E-state index in [0.717, 1.165) is 38.2 Å². The van der Waals surface area contributed by atoms with Crippen molar-refractivity contribution in [2.45, 2.75) is 44.3 Å². The Hall–Kier alpha value is -3.70. The number of fused-ring (bicyclic) bond motifs is 1. The molecule has 42 heavy (non-hydrogen) atoms. The smallest absolute Gasteiger partial charge is 0.350 e. The van der Waals surface area contributed by atoms with E-state index >= 15 is 0 Å². The molecule has 0 saturated carbocycles. The quantitative estimate of drug-likeness (QED) is 0.333. The van der Waals surface area contributed by atoms with Crippen LogP contribution in [-0.2, 0) is 23.1 Å². The van der Waals surface area contributed by atoms with Crippen molar-refractivity contribution < 1.29 is 13.9 Å². The Morgan fingerprint density at radius 2 is 1.93 bits per heavy atom. The minimum absolute atomic E-state index is 0.0869. The number of hydrogen-bond acceptors (Lipinski definition) is 7. The van der Waals surface area contributed by atoms with Crippen molar-refractivity contribution in [3.63, 3.8) is 0 Å². The number of ether oxygens (including phenoxy) is 1. The Bertz CT molecular complexity index is 1850. The van der Waals surface area contributed by atoms with Gasteiger partial charge in [0.05, 0.1) is 35.8 Å². The molecule has 1 spiro atoms. The molecular formula is C31H33FN6O3S. The fourth-order valence-electron chi connectivity index (χ4n) is 7.05. The standard InChI is InChI=1S/C31H33FN6O3S/c1-6-24(39)38-18(3)11-36(12-19(38)4)29-21-9-17(2)25(20-7-8-23(32)22-10-33-35(5)26(20)22)28-27(21)37(30(40)34-29)13-31(16-42-28)14-41-15-31/h6-10,18-19H,1,11-16H2,2-5H3/t18-,19+. The summed E-state index contributed by atoms with van der Waals surface area (Å²) in [5.74, 6) is 1.02. The molecule has 2 aromatic carbocycles. The number of rotatable bonds is 3. The highest BCUT2D eigenvalue weighted by Crippen LogP contribution is 2.49. The lowest BCUT2D eigenvalue weighted by atomic mass is 9.88. The second-order valence-electron chi connectivity index (χ2n) is 12.1. The molecule has 218 valence electrons. The van der Waals surface area contributed by atoms with Crippen LogP contribution >= 0.6 is 11.8 Å². The summed E-state index contributed by atoms with van der Waals surface area (Å²) in [6.45, 7) is 12.6. The summed E-state index contributed by atoms with van der Waals surface area (Å²) in [6.07, 6.45) is 2.92. The van der Waals surface area contributed by atoms with E-state index in [1.54, 1.807) is 22.6 Å². The molecule has 9 nitrogen and oxygen atoms in total. The first-order valence-electron chi connectivity index (χ1n) is 14.2. The van der Waals surface area contributed by atoms with Crippen LogP contribution < -0.4 is 10.6 Å². The van der Waals surface area contributed by atoms with Crippen LogP contribution in [0.4, 0.5) is 10.2 Å². The van der Waals surface area contributed by atoms with Gasteiger partial charge in [0.1, 0.15) is 11.6 Å². The van der Waals surface area contributed by atoms with Crippen molar-refractivity contribution in [3.05, 3.63) is 58.9 Å². The lowest BCUT2D eigenvalue weighted by Crippen LogP contribution is -2.58. The number of carbonyl (C=O) groups is 1. The van der Waals surface area contributed by atoms with E-state index in [1.165, 1.54) is 12.1 Å². The zero-order valence-corrected chi connectivity index (χ0v) is 25.0. The van der Waals surface area contributed by atoms with E-state index in [9.17, 15) is 14.0 Å². The topological polar surface area (TPSA) is 85.5 Å². The molecule has 0 radical (unpaired) electrons. The van der Waals surface area contributed by atoms with Crippen LogP contribution in [0.2, 0.25) is 0 Å². The highest BCUT2D eigenvalue weighted by molar-refractivity contribution is 7.99. The highest BCUT2D eigenvalue weighted by atomic mass is 32.2. The minimum Gasteiger partial charge on any atom is -0.380 e. The number of aryl methyl sites for hydroxylation is 2. The van der Waals surface area contributed by atoms with Crippen molar-refractivity contribution >= 4 is 45.3 Å². The van der Waals surface area contributed by atoms with Gasteiger partial charge in [-0.3, -0.25) is 14.0 Å². The van der Waals surface area contributed by atoms with Gasteiger partial charge in [-0.05, 0) is 50.6 Å². The Balaban J connectivity index is 1.48. The van der Waals surface area contributed by atoms with Gasteiger partial charge in [0.2, 0.25) is 5.91 Å². The van der Waals surface area contributed by atoms with E-state index in [1.807, 2.05) is 36.4 Å². The number of benzene rings is 2. The van der Waals surface area contributed by atoms with E-state index in [-0.39, 0.29) is 34.9 Å². The van der Waals surface area contributed by atoms with Gasteiger partial charge in [0.25, 0.3) is 0 Å². The predicted octanol–water partition coefficient (Wildman–Crippen LogP) is 4.13. The molecule has 0 unspecified atom stereocenters. The summed E-state index contributed by atoms with van der Waals surface area (Å²) >= 11 is 1.74. The first kappa shape index (κ1) is 27.2. The summed E-state index contributed by atoms with van der Waals surface area (Å²) in [4.78, 5) is 36.2. The van der Waals surface area contributed by atoms with Crippen LogP contribution in [0.1, 0.15) is 19.4 Å². The zero-order chi connectivity index (χ0) is 29.5. The number of piperazine rings is 1. The SMILES string of the molecule is C=CC(=O)N1[C@H](C)CN(c2nc(=O)n3c4c(c(-c5ccc(F)c6cnn(C)c56)c(C)cc24)SCC2(COC2)C3)C[C@@H]1C. The van der Waals surface area contributed by atoms with Crippen molar-refractivity contribution in [1.29, 1.82) is 0 Å². The number of carbonyl (C=O) groups excluding carboxylic acids is 1. The maximum absolute atomic E-state index is 14.8. The molecular weight excluding hydrogens is 555 g/mol. The number of hydrogen-bond donors (Lipinski definition) is 0. The molecule has 5 heterocycles. The van der Waals surface area contributed by atoms with Gasteiger partial charge in [-0.15, -0.1) is 11.8 Å². The molecule has 4 aromatic rings. The summed E-state index contributed by atoms with van der Waals surface area (Å²) in [5, 5.41) is 5.73. The second-order valence-corrected chi connectivity index (χ2v) is 13.0. The second kappa shape index (κ2) is 9.67. The van der Waals surface area contributed by atoms with Crippen molar-refractivity contribution in [2.24, 2.45) is 12.5 Å². The molecule has 1 amide bonds. The Labute approximate surface area is 246 Å². The fourth-order valence-corrected chi connectivity index (χ4v) is 8.53. The third kappa shape index (κ3) is 3.93. The van der Waals surface area contributed by atoms with Gasteiger partial charge >= 0.3 is 5.69 Å². The third-order valence-electron chi connectivity index (χ3n) is 8.99. The minimum atomic E-state index is -0.315. The van der Waals surface area contributed by atoms with Crippen LogP contribution in [-0.4, -0.2) is 74.3 Å². The summed E-state index contributed by atoms with van der Waals surface area (Å²) < 4.78 is 24.0. The van der Waals surface area contributed by atoms with Crippen molar-refractivity contribution in [3.8, 4) is 11.1 Å². The van der Waals surface area contributed by atoms with Gasteiger partial charge in [0, 0.05) is 71.3 Å². The van der Waals surface area contributed by atoms with Crippen LogP contribution in [0.15, 0.2) is 46.7 Å². The fraction of sp³-hybridized carbons (Fsp3) is 0.419.